The molecule has 9 nitrogen and oxygen atoms in total. The van der Waals surface area contributed by atoms with Gasteiger partial charge < -0.3 is 20.6 Å². The van der Waals surface area contributed by atoms with Crippen molar-refractivity contribution in [2.45, 2.75) is 58.8 Å². The van der Waals surface area contributed by atoms with Crippen molar-refractivity contribution in [1.82, 2.24) is 25.7 Å². The number of hydrogen-bond acceptors (Lipinski definition) is 5. The Kier molecular flexibility index (Phi) is 7.12. The van der Waals surface area contributed by atoms with E-state index in [0.29, 0.717) is 0 Å². The van der Waals surface area contributed by atoms with Gasteiger partial charge in [0, 0.05) is 38.2 Å². The van der Waals surface area contributed by atoms with Gasteiger partial charge >= 0.3 is 0 Å². The summed E-state index contributed by atoms with van der Waals surface area (Å²) in [5, 5.41) is 25.1. The summed E-state index contributed by atoms with van der Waals surface area (Å²) in [6.07, 6.45) is 1.04. The number of H-pyrrole nitrogens is 1. The van der Waals surface area contributed by atoms with E-state index in [1.165, 1.54) is 11.8 Å². The topological polar surface area (TPSA) is 127 Å². The molecular formula is C27H33N5O4. The molecule has 4 rings (SSSR count). The number of aliphatic hydroxyl groups excluding tert-OH is 1. The largest absolute Gasteiger partial charge is 0.391 e. The summed E-state index contributed by atoms with van der Waals surface area (Å²) in [7, 11) is 0. The number of nitrogens with one attached hydrogen (secondary N) is 3. The van der Waals surface area contributed by atoms with Crippen molar-refractivity contribution in [1.29, 1.82) is 0 Å². The Balaban J connectivity index is 1.53. The molecule has 1 fully saturated rings. The van der Waals surface area contributed by atoms with Crippen molar-refractivity contribution >= 4 is 28.5 Å². The minimum Gasteiger partial charge on any atom is -0.391 e. The zero-order valence-corrected chi connectivity index (χ0v) is 21.0. The van der Waals surface area contributed by atoms with E-state index in [0.717, 1.165) is 27.6 Å². The van der Waals surface area contributed by atoms with Crippen LogP contribution in [0.1, 0.15) is 39.7 Å². The average molecular weight is 492 g/mol. The number of carbonyl (C=O) groups is 3. The highest BCUT2D eigenvalue weighted by Gasteiger charge is 2.44. The summed E-state index contributed by atoms with van der Waals surface area (Å²) in [5.74, 6) is -1.03. The molecule has 36 heavy (non-hydrogen) atoms. The van der Waals surface area contributed by atoms with E-state index in [2.05, 4.69) is 20.8 Å². The number of likely N-dealkylation sites (tertiary alicyclic amines) is 1. The van der Waals surface area contributed by atoms with Crippen molar-refractivity contribution in [3.8, 4) is 11.3 Å². The molecule has 0 saturated carbocycles. The SMILES string of the molecule is CC(=O)N[C@H](C(=O)N1C[C@H](O)C[C@H]1C(=O)NCc1ccc(-c2ccn[nH]2)c2ccccc12)C(C)(C)C. The predicted molar refractivity (Wildman–Crippen MR) is 137 cm³/mol. The number of fused-ring (bicyclic) bond motifs is 1. The number of β-amino-alcohol motifs (C(OH)–C–C–N with tert-alkyl or cyclic N) is 1. The third-order valence-electron chi connectivity index (χ3n) is 6.58. The molecule has 1 aliphatic heterocycles. The minimum absolute atomic E-state index is 0.0465. The summed E-state index contributed by atoms with van der Waals surface area (Å²) < 4.78 is 0. The Bertz CT molecular complexity index is 1260. The monoisotopic (exact) mass is 491 g/mol. The smallest absolute Gasteiger partial charge is 0.246 e. The highest BCUT2D eigenvalue weighted by molar-refractivity contribution is 5.98. The third kappa shape index (κ3) is 5.26. The van der Waals surface area contributed by atoms with E-state index < -0.39 is 23.6 Å². The van der Waals surface area contributed by atoms with Gasteiger partial charge in [0.05, 0.1) is 11.8 Å². The van der Waals surface area contributed by atoms with Crippen molar-refractivity contribution in [2.24, 2.45) is 5.41 Å². The predicted octanol–water partition coefficient (Wildman–Crippen LogP) is 2.36. The van der Waals surface area contributed by atoms with Gasteiger partial charge in [-0.15, -0.1) is 0 Å². The molecule has 2 aromatic carbocycles. The molecule has 3 amide bonds. The number of benzene rings is 2. The number of nitrogens with zero attached hydrogens (tertiary/aromatic N) is 2. The third-order valence-corrected chi connectivity index (χ3v) is 6.58. The standard InChI is InChI=1S/C27H33N5O4/c1-16(33)30-24(27(2,3)4)26(36)32-15-18(34)13-23(32)25(35)28-14-17-9-10-21(22-11-12-29-31-22)20-8-6-5-7-19(17)20/h5-12,18,23-24,34H,13-15H2,1-4H3,(H,28,35)(H,29,31)(H,30,33)/t18-,23+,24-/m1/s1. The number of aromatic nitrogens is 2. The normalized spacial score (nSPS) is 18.8. The van der Waals surface area contributed by atoms with Gasteiger partial charge in [-0.25, -0.2) is 0 Å². The zero-order chi connectivity index (χ0) is 26.0. The van der Waals surface area contributed by atoms with Gasteiger partial charge in [0.25, 0.3) is 0 Å². The summed E-state index contributed by atoms with van der Waals surface area (Å²) in [4.78, 5) is 39.8. The van der Waals surface area contributed by atoms with Crippen LogP contribution in [0.5, 0.6) is 0 Å². The van der Waals surface area contributed by atoms with Crippen molar-refractivity contribution in [3.05, 3.63) is 54.2 Å². The molecule has 0 bridgehead atoms. The number of hydrogen-bond donors (Lipinski definition) is 4. The van der Waals surface area contributed by atoms with Gasteiger partial charge in [0.1, 0.15) is 12.1 Å². The zero-order valence-electron chi connectivity index (χ0n) is 21.0. The van der Waals surface area contributed by atoms with Crippen LogP contribution in [0.25, 0.3) is 22.0 Å². The maximum atomic E-state index is 13.4. The molecule has 0 spiro atoms. The fourth-order valence-electron chi connectivity index (χ4n) is 4.78. The second-order valence-electron chi connectivity index (χ2n) is 10.4. The quantitative estimate of drug-likeness (QED) is 0.421. The fourth-order valence-corrected chi connectivity index (χ4v) is 4.78. The second kappa shape index (κ2) is 10.1. The molecule has 0 unspecified atom stereocenters. The molecule has 3 atom stereocenters. The van der Waals surface area contributed by atoms with Crippen molar-refractivity contribution < 1.29 is 19.5 Å². The van der Waals surface area contributed by atoms with Crippen LogP contribution in [0, 0.1) is 5.41 Å². The molecule has 0 aliphatic carbocycles. The van der Waals surface area contributed by atoms with Gasteiger partial charge in [-0.2, -0.15) is 5.10 Å². The Morgan fingerprint density at radius 2 is 1.86 bits per heavy atom. The summed E-state index contributed by atoms with van der Waals surface area (Å²) in [5.41, 5.74) is 2.29. The Labute approximate surface area is 210 Å². The van der Waals surface area contributed by atoms with Gasteiger partial charge in [0.2, 0.25) is 17.7 Å². The molecule has 1 aromatic heterocycles. The minimum atomic E-state index is -0.818. The number of aromatic amines is 1. The maximum absolute atomic E-state index is 13.4. The lowest BCUT2D eigenvalue weighted by Gasteiger charge is -2.35. The van der Waals surface area contributed by atoms with Crippen LogP contribution in [0.3, 0.4) is 0 Å². The Hall–Kier alpha value is -3.72. The average Bonchev–Trinajstić information content (AvgIpc) is 3.49. The molecule has 3 aromatic rings. The molecule has 1 saturated heterocycles. The van der Waals surface area contributed by atoms with Crippen molar-refractivity contribution in [3.63, 3.8) is 0 Å². The first kappa shape index (κ1) is 25.4. The maximum Gasteiger partial charge on any atom is 0.246 e. The van der Waals surface area contributed by atoms with Gasteiger partial charge in [0.15, 0.2) is 0 Å². The molecule has 2 heterocycles. The van der Waals surface area contributed by atoms with E-state index >= 15 is 0 Å². The number of aliphatic hydroxyl groups is 1. The lowest BCUT2D eigenvalue weighted by atomic mass is 9.85. The van der Waals surface area contributed by atoms with Gasteiger partial charge in [-0.3, -0.25) is 19.5 Å². The second-order valence-corrected chi connectivity index (χ2v) is 10.4. The van der Waals surface area contributed by atoms with Crippen LogP contribution >= 0.6 is 0 Å². The first-order valence-corrected chi connectivity index (χ1v) is 12.1. The molecule has 1 aliphatic rings. The summed E-state index contributed by atoms with van der Waals surface area (Å²) >= 11 is 0. The Morgan fingerprint density at radius 1 is 1.14 bits per heavy atom. The van der Waals surface area contributed by atoms with Crippen LogP contribution in [0.2, 0.25) is 0 Å². The lowest BCUT2D eigenvalue weighted by Crippen LogP contribution is -2.57. The van der Waals surface area contributed by atoms with E-state index in [-0.39, 0.29) is 37.2 Å². The number of rotatable bonds is 6. The van der Waals surface area contributed by atoms with Crippen LogP contribution < -0.4 is 10.6 Å². The summed E-state index contributed by atoms with van der Waals surface area (Å²) in [6, 6.07) is 12.2. The van der Waals surface area contributed by atoms with Crippen LogP contribution in [-0.4, -0.2) is 62.7 Å². The van der Waals surface area contributed by atoms with Crippen LogP contribution in [0.15, 0.2) is 48.7 Å². The van der Waals surface area contributed by atoms with Crippen LogP contribution in [-0.2, 0) is 20.9 Å². The molecule has 190 valence electrons. The van der Waals surface area contributed by atoms with E-state index in [9.17, 15) is 19.5 Å². The van der Waals surface area contributed by atoms with E-state index in [1.54, 1.807) is 6.20 Å². The number of carbonyl (C=O) groups excluding carboxylic acids is 3. The van der Waals surface area contributed by atoms with Gasteiger partial charge in [-0.1, -0.05) is 57.2 Å². The Morgan fingerprint density at radius 3 is 2.50 bits per heavy atom. The van der Waals surface area contributed by atoms with Gasteiger partial charge in [-0.05, 0) is 27.8 Å². The van der Waals surface area contributed by atoms with E-state index in [4.69, 9.17) is 0 Å². The van der Waals surface area contributed by atoms with Crippen molar-refractivity contribution in [2.75, 3.05) is 6.54 Å². The molecular weight excluding hydrogens is 458 g/mol. The molecule has 0 radical (unpaired) electrons. The molecule has 4 N–H and O–H groups in total. The van der Waals surface area contributed by atoms with Crippen LogP contribution in [0.4, 0.5) is 0 Å². The highest BCUT2D eigenvalue weighted by atomic mass is 16.3. The molecule has 9 heteroatoms. The lowest BCUT2D eigenvalue weighted by molar-refractivity contribution is -0.143. The summed E-state index contributed by atoms with van der Waals surface area (Å²) in [6.45, 7) is 7.23. The first-order valence-electron chi connectivity index (χ1n) is 12.1. The fraction of sp³-hybridized carbons (Fsp3) is 0.407. The highest BCUT2D eigenvalue weighted by Crippen LogP contribution is 2.30. The first-order chi connectivity index (χ1) is 17.1. The number of amides is 3. The van der Waals surface area contributed by atoms with E-state index in [1.807, 2.05) is 63.2 Å².